The number of pyridine rings is 1. The van der Waals surface area contributed by atoms with E-state index in [9.17, 15) is 0 Å². The monoisotopic (exact) mass is 227 g/mol. The fraction of sp³-hybridized carbons (Fsp3) is 0.267. The molecule has 2 nitrogen and oxygen atoms in total. The Morgan fingerprint density at radius 3 is 2.35 bits per heavy atom. The van der Waals surface area contributed by atoms with Gasteiger partial charge in [-0.05, 0) is 38.5 Å². The Labute approximate surface area is 102 Å². The fourth-order valence-electron chi connectivity index (χ4n) is 1.73. The summed E-state index contributed by atoms with van der Waals surface area (Å²) in [5, 5.41) is 0. The van der Waals surface area contributed by atoms with Gasteiger partial charge < -0.3 is 4.74 Å². The highest BCUT2D eigenvalue weighted by Gasteiger charge is 2.07. The maximum atomic E-state index is 5.59. The summed E-state index contributed by atoms with van der Waals surface area (Å²) in [5.74, 6) is 0.719. The van der Waals surface area contributed by atoms with Gasteiger partial charge in [0.05, 0.1) is 6.61 Å². The lowest BCUT2D eigenvalue weighted by Gasteiger charge is -2.10. The van der Waals surface area contributed by atoms with Crippen LogP contribution in [0.1, 0.15) is 18.2 Å². The number of benzene rings is 1. The molecule has 2 aromatic rings. The normalized spacial score (nSPS) is 10.3. The van der Waals surface area contributed by atoms with Crippen LogP contribution in [0.2, 0.25) is 0 Å². The SMILES string of the molecule is CCOc1nc(C)ccc1-c1ccc(C)cc1. The first-order valence-electron chi connectivity index (χ1n) is 5.88. The van der Waals surface area contributed by atoms with Gasteiger partial charge in [0.1, 0.15) is 0 Å². The van der Waals surface area contributed by atoms with Crippen LogP contribution in [-0.4, -0.2) is 11.6 Å². The Bertz CT molecular complexity index is 503. The zero-order valence-electron chi connectivity index (χ0n) is 10.5. The molecule has 0 aliphatic heterocycles. The van der Waals surface area contributed by atoms with Crippen LogP contribution in [0.15, 0.2) is 36.4 Å². The minimum Gasteiger partial charge on any atom is -0.478 e. The van der Waals surface area contributed by atoms with Gasteiger partial charge in [0.2, 0.25) is 5.88 Å². The van der Waals surface area contributed by atoms with Crippen molar-refractivity contribution in [1.29, 1.82) is 0 Å². The number of aryl methyl sites for hydroxylation is 2. The second-order valence-corrected chi connectivity index (χ2v) is 4.10. The summed E-state index contributed by atoms with van der Waals surface area (Å²) in [6, 6.07) is 12.5. The molecule has 0 amide bonds. The van der Waals surface area contributed by atoms with Crippen LogP contribution in [0.25, 0.3) is 11.1 Å². The topological polar surface area (TPSA) is 22.1 Å². The summed E-state index contributed by atoms with van der Waals surface area (Å²) in [6.07, 6.45) is 0. The first-order valence-corrected chi connectivity index (χ1v) is 5.88. The van der Waals surface area contributed by atoms with E-state index < -0.39 is 0 Å². The summed E-state index contributed by atoms with van der Waals surface area (Å²) >= 11 is 0. The van der Waals surface area contributed by atoms with Gasteiger partial charge in [-0.25, -0.2) is 4.98 Å². The van der Waals surface area contributed by atoms with Crippen LogP contribution in [0.5, 0.6) is 5.88 Å². The van der Waals surface area contributed by atoms with Crippen molar-refractivity contribution in [2.75, 3.05) is 6.61 Å². The quantitative estimate of drug-likeness (QED) is 0.796. The molecule has 2 heteroatoms. The number of aromatic nitrogens is 1. The molecule has 0 fully saturated rings. The average Bonchev–Trinajstić information content (AvgIpc) is 2.31. The van der Waals surface area contributed by atoms with E-state index in [0.717, 1.165) is 22.7 Å². The van der Waals surface area contributed by atoms with Crippen LogP contribution in [0.4, 0.5) is 0 Å². The summed E-state index contributed by atoms with van der Waals surface area (Å²) in [4.78, 5) is 4.44. The molecule has 88 valence electrons. The van der Waals surface area contributed by atoms with Crippen molar-refractivity contribution < 1.29 is 4.74 Å². The van der Waals surface area contributed by atoms with E-state index in [1.54, 1.807) is 0 Å². The lowest BCUT2D eigenvalue weighted by molar-refractivity contribution is 0.328. The summed E-state index contributed by atoms with van der Waals surface area (Å²) < 4.78 is 5.59. The van der Waals surface area contributed by atoms with Gasteiger partial charge in [0, 0.05) is 11.3 Å². The second kappa shape index (κ2) is 5.00. The molecule has 1 heterocycles. The molecule has 0 spiro atoms. The predicted octanol–water partition coefficient (Wildman–Crippen LogP) is 3.76. The number of ether oxygens (including phenoxy) is 1. The molecule has 0 bridgehead atoms. The van der Waals surface area contributed by atoms with Gasteiger partial charge in [0.25, 0.3) is 0 Å². The van der Waals surface area contributed by atoms with E-state index in [1.165, 1.54) is 5.56 Å². The third-order valence-electron chi connectivity index (χ3n) is 2.64. The molecule has 0 atom stereocenters. The van der Waals surface area contributed by atoms with Crippen molar-refractivity contribution in [2.24, 2.45) is 0 Å². The Kier molecular flexibility index (Phi) is 3.43. The molecule has 0 saturated carbocycles. The number of hydrogen-bond donors (Lipinski definition) is 0. The van der Waals surface area contributed by atoms with Gasteiger partial charge in [0.15, 0.2) is 0 Å². The largest absolute Gasteiger partial charge is 0.478 e. The molecule has 0 saturated heterocycles. The molecule has 0 aliphatic carbocycles. The minimum atomic E-state index is 0.634. The van der Waals surface area contributed by atoms with Gasteiger partial charge >= 0.3 is 0 Å². The lowest BCUT2D eigenvalue weighted by Crippen LogP contribution is -1.98. The Morgan fingerprint density at radius 1 is 1.00 bits per heavy atom. The third-order valence-corrected chi connectivity index (χ3v) is 2.64. The van der Waals surface area contributed by atoms with Crippen LogP contribution >= 0.6 is 0 Å². The molecule has 0 unspecified atom stereocenters. The first-order chi connectivity index (χ1) is 8.20. The van der Waals surface area contributed by atoms with Gasteiger partial charge in [-0.15, -0.1) is 0 Å². The first kappa shape index (κ1) is 11.6. The van der Waals surface area contributed by atoms with Gasteiger partial charge in [-0.3, -0.25) is 0 Å². The van der Waals surface area contributed by atoms with E-state index in [-0.39, 0.29) is 0 Å². The standard InChI is InChI=1S/C15H17NO/c1-4-17-15-14(10-7-12(3)16-15)13-8-5-11(2)6-9-13/h5-10H,4H2,1-3H3. The van der Waals surface area contributed by atoms with Crippen LogP contribution < -0.4 is 4.74 Å². The zero-order valence-corrected chi connectivity index (χ0v) is 10.5. The number of nitrogens with zero attached hydrogens (tertiary/aromatic N) is 1. The smallest absolute Gasteiger partial charge is 0.221 e. The number of rotatable bonds is 3. The van der Waals surface area contributed by atoms with E-state index >= 15 is 0 Å². The lowest BCUT2D eigenvalue weighted by atomic mass is 10.1. The summed E-state index contributed by atoms with van der Waals surface area (Å²) in [6.45, 7) is 6.67. The molecule has 0 N–H and O–H groups in total. The molecule has 0 aliphatic rings. The predicted molar refractivity (Wildman–Crippen MR) is 70.3 cm³/mol. The van der Waals surface area contributed by atoms with E-state index in [1.807, 2.05) is 19.9 Å². The van der Waals surface area contributed by atoms with Crippen LogP contribution in [-0.2, 0) is 0 Å². The maximum absolute atomic E-state index is 5.59. The van der Waals surface area contributed by atoms with Crippen molar-refractivity contribution in [1.82, 2.24) is 4.98 Å². The average molecular weight is 227 g/mol. The van der Waals surface area contributed by atoms with Crippen molar-refractivity contribution >= 4 is 0 Å². The summed E-state index contributed by atoms with van der Waals surface area (Å²) in [5.41, 5.74) is 4.43. The highest BCUT2D eigenvalue weighted by atomic mass is 16.5. The van der Waals surface area contributed by atoms with Gasteiger partial charge in [-0.2, -0.15) is 0 Å². The third kappa shape index (κ3) is 2.64. The fourth-order valence-corrected chi connectivity index (χ4v) is 1.73. The minimum absolute atomic E-state index is 0.634. The Morgan fingerprint density at radius 2 is 1.71 bits per heavy atom. The van der Waals surface area contributed by atoms with Crippen LogP contribution in [0.3, 0.4) is 0 Å². The van der Waals surface area contributed by atoms with Gasteiger partial charge in [-0.1, -0.05) is 29.8 Å². The molecule has 2 rings (SSSR count). The second-order valence-electron chi connectivity index (χ2n) is 4.10. The molecule has 1 aromatic carbocycles. The van der Waals surface area contributed by atoms with E-state index in [4.69, 9.17) is 4.74 Å². The van der Waals surface area contributed by atoms with Crippen molar-refractivity contribution in [3.05, 3.63) is 47.7 Å². The molecule has 0 radical (unpaired) electrons. The maximum Gasteiger partial charge on any atom is 0.221 e. The van der Waals surface area contributed by atoms with Crippen LogP contribution in [0, 0.1) is 13.8 Å². The summed E-state index contributed by atoms with van der Waals surface area (Å²) in [7, 11) is 0. The zero-order chi connectivity index (χ0) is 12.3. The van der Waals surface area contributed by atoms with Crippen molar-refractivity contribution in [3.63, 3.8) is 0 Å². The number of hydrogen-bond acceptors (Lipinski definition) is 2. The van der Waals surface area contributed by atoms with E-state index in [2.05, 4.69) is 42.2 Å². The highest BCUT2D eigenvalue weighted by Crippen LogP contribution is 2.28. The Balaban J connectivity index is 2.46. The van der Waals surface area contributed by atoms with E-state index in [0.29, 0.717) is 6.61 Å². The highest BCUT2D eigenvalue weighted by molar-refractivity contribution is 5.68. The van der Waals surface area contributed by atoms with Crippen molar-refractivity contribution in [2.45, 2.75) is 20.8 Å². The van der Waals surface area contributed by atoms with Crippen molar-refractivity contribution in [3.8, 4) is 17.0 Å². The Hall–Kier alpha value is -1.83. The molecular formula is C15H17NO. The molecular weight excluding hydrogens is 210 g/mol. The molecule has 1 aromatic heterocycles. The molecule has 17 heavy (non-hydrogen) atoms.